The Morgan fingerprint density at radius 1 is 1.06 bits per heavy atom. The van der Waals surface area contributed by atoms with Crippen LogP contribution in [0, 0.1) is 20.8 Å². The van der Waals surface area contributed by atoms with Gasteiger partial charge >= 0.3 is 23.7 Å². The normalized spacial score (nSPS) is 15.7. The molecule has 0 atom stereocenters. The molecule has 1 fully saturated rings. The fourth-order valence-corrected chi connectivity index (χ4v) is 4.20. The van der Waals surface area contributed by atoms with Gasteiger partial charge in [0, 0.05) is 32.7 Å². The summed E-state index contributed by atoms with van der Waals surface area (Å²) in [5, 5.41) is 19.6. The number of ether oxygens (including phenoxy) is 1. The van der Waals surface area contributed by atoms with Crippen LogP contribution in [0.3, 0.4) is 0 Å². The lowest BCUT2D eigenvalue weighted by Gasteiger charge is -2.36. The molecular weight excluding hydrogens is 430 g/mol. The number of benzene rings is 1. The van der Waals surface area contributed by atoms with Crippen molar-refractivity contribution in [3.8, 4) is 5.75 Å². The van der Waals surface area contributed by atoms with Gasteiger partial charge in [0.2, 0.25) is 0 Å². The van der Waals surface area contributed by atoms with Crippen molar-refractivity contribution in [3.05, 3.63) is 22.3 Å². The summed E-state index contributed by atoms with van der Waals surface area (Å²) >= 11 is 0. The summed E-state index contributed by atoms with van der Waals surface area (Å²) in [5.41, 5.74) is 1.20. The predicted molar refractivity (Wildman–Crippen MR) is 114 cm³/mol. The van der Waals surface area contributed by atoms with Gasteiger partial charge in [0.05, 0.1) is 0 Å². The molecule has 0 saturated carbocycles. The van der Waals surface area contributed by atoms with Gasteiger partial charge in [0.15, 0.2) is 5.75 Å². The Balaban J connectivity index is 2.27. The highest BCUT2D eigenvalue weighted by Crippen LogP contribution is 2.30. The second-order valence-electron chi connectivity index (χ2n) is 8.69. The smallest absolute Gasteiger partial charge is 0.444 e. The summed E-state index contributed by atoms with van der Waals surface area (Å²) in [5.74, 6) is -0.251. The van der Waals surface area contributed by atoms with E-state index in [-0.39, 0.29) is 22.9 Å². The molecule has 1 aromatic rings. The first-order chi connectivity index (χ1) is 14.1. The van der Waals surface area contributed by atoms with Crippen LogP contribution in [0.4, 0.5) is 8.68 Å². The molecule has 9 nitrogen and oxygen atoms in total. The quantitative estimate of drug-likeness (QED) is 0.493. The molecule has 1 amide bonds. The molecular formula is C19H30BFN2O7S. The molecule has 1 heterocycles. The number of hydrogen-bond acceptors (Lipinski definition) is 8. The number of rotatable bonds is 5. The average molecular weight is 460 g/mol. The van der Waals surface area contributed by atoms with E-state index in [1.165, 1.54) is 6.92 Å². The van der Waals surface area contributed by atoms with Crippen LogP contribution in [0.15, 0.2) is 0 Å². The Morgan fingerprint density at radius 3 is 2.06 bits per heavy atom. The maximum Gasteiger partial charge on any atom is 0.489 e. The van der Waals surface area contributed by atoms with Gasteiger partial charge in [0.25, 0.3) is 0 Å². The molecule has 0 radical (unpaired) electrons. The van der Waals surface area contributed by atoms with Crippen molar-refractivity contribution < 1.29 is 36.1 Å². The van der Waals surface area contributed by atoms with Crippen molar-refractivity contribution in [2.75, 3.05) is 26.2 Å². The third-order valence-corrected chi connectivity index (χ3v) is 5.61. The molecule has 0 spiro atoms. The van der Waals surface area contributed by atoms with Gasteiger partial charge in [-0.15, -0.1) is 0 Å². The van der Waals surface area contributed by atoms with E-state index in [2.05, 4.69) is 4.18 Å². The molecule has 1 aromatic carbocycles. The molecule has 1 aliphatic heterocycles. The van der Waals surface area contributed by atoms with Crippen LogP contribution in [0.25, 0.3) is 0 Å². The van der Waals surface area contributed by atoms with Crippen molar-refractivity contribution >= 4 is 29.2 Å². The molecule has 0 bridgehead atoms. The second kappa shape index (κ2) is 9.31. The third kappa shape index (κ3) is 6.55. The third-order valence-electron chi connectivity index (χ3n) is 5.24. The molecule has 12 heteroatoms. The largest absolute Gasteiger partial charge is 0.489 e. The van der Waals surface area contributed by atoms with Gasteiger partial charge in [-0.2, -0.15) is 8.42 Å². The van der Waals surface area contributed by atoms with Crippen LogP contribution in [0.1, 0.15) is 43.0 Å². The van der Waals surface area contributed by atoms with Gasteiger partial charge in [-0.05, 0) is 69.3 Å². The van der Waals surface area contributed by atoms with E-state index in [0.29, 0.717) is 49.4 Å². The summed E-state index contributed by atoms with van der Waals surface area (Å²) in [6.07, 6.45) is -0.385. The number of amides is 1. The van der Waals surface area contributed by atoms with Gasteiger partial charge < -0.3 is 23.9 Å². The molecule has 1 aliphatic rings. The standard InChI is InChI=1S/C19H30BFN2O7S/c1-12-15(11-22-7-9-23(10-8-22)18(24)29-19(4,5)6)13(2)17(30-31(21,27)28)14(3)16(12)20(25)26/h25-26H,7-11H2,1-6H3. The van der Waals surface area contributed by atoms with Crippen molar-refractivity contribution in [2.45, 2.75) is 53.7 Å². The van der Waals surface area contributed by atoms with Crippen LogP contribution in [0.2, 0.25) is 0 Å². The highest BCUT2D eigenvalue weighted by atomic mass is 32.3. The monoisotopic (exact) mass is 460 g/mol. The minimum Gasteiger partial charge on any atom is -0.444 e. The Morgan fingerprint density at radius 2 is 1.61 bits per heavy atom. The Labute approximate surface area is 183 Å². The Bertz CT molecular complexity index is 940. The second-order valence-corrected chi connectivity index (χ2v) is 9.64. The number of piperazine rings is 1. The molecule has 174 valence electrons. The number of halogens is 1. The van der Waals surface area contributed by atoms with Crippen molar-refractivity contribution in [1.29, 1.82) is 0 Å². The summed E-state index contributed by atoms with van der Waals surface area (Å²) < 4.78 is 45.4. The van der Waals surface area contributed by atoms with E-state index in [9.17, 15) is 27.1 Å². The first-order valence-electron chi connectivity index (χ1n) is 9.93. The Kier molecular flexibility index (Phi) is 7.62. The molecule has 0 aromatic heterocycles. The lowest BCUT2D eigenvalue weighted by Crippen LogP contribution is -2.49. The molecule has 0 unspecified atom stereocenters. The number of carbonyl (C=O) groups excluding carboxylic acids is 1. The van der Waals surface area contributed by atoms with E-state index in [0.717, 1.165) is 0 Å². The van der Waals surface area contributed by atoms with Gasteiger partial charge in [-0.1, -0.05) is 3.89 Å². The lowest BCUT2D eigenvalue weighted by atomic mass is 9.72. The maximum absolute atomic E-state index is 13.3. The first-order valence-corrected chi connectivity index (χ1v) is 11.2. The van der Waals surface area contributed by atoms with Crippen LogP contribution in [-0.2, 0) is 21.8 Å². The van der Waals surface area contributed by atoms with Crippen LogP contribution < -0.4 is 9.65 Å². The minimum atomic E-state index is -5.29. The average Bonchev–Trinajstić information content (AvgIpc) is 2.60. The minimum absolute atomic E-state index is 0.0756. The summed E-state index contributed by atoms with van der Waals surface area (Å²) in [4.78, 5) is 15.9. The highest BCUT2D eigenvalue weighted by molar-refractivity contribution is 7.81. The van der Waals surface area contributed by atoms with Gasteiger partial charge in [-0.3, -0.25) is 4.90 Å². The molecule has 0 aliphatic carbocycles. The first kappa shape index (κ1) is 25.4. The predicted octanol–water partition coefficient (Wildman–Crippen LogP) is 0.937. The van der Waals surface area contributed by atoms with Crippen molar-refractivity contribution in [1.82, 2.24) is 9.80 Å². The highest BCUT2D eigenvalue weighted by Gasteiger charge is 2.30. The van der Waals surface area contributed by atoms with Gasteiger partial charge in [-0.25, -0.2) is 4.79 Å². The number of nitrogens with zero attached hydrogens (tertiary/aromatic N) is 2. The Hall–Kier alpha value is -1.89. The lowest BCUT2D eigenvalue weighted by molar-refractivity contribution is 0.0138. The van der Waals surface area contributed by atoms with Crippen molar-refractivity contribution in [2.24, 2.45) is 0 Å². The van der Waals surface area contributed by atoms with Crippen molar-refractivity contribution in [3.63, 3.8) is 0 Å². The summed E-state index contributed by atoms with van der Waals surface area (Å²) in [6.45, 7) is 12.4. The maximum atomic E-state index is 13.3. The SMILES string of the molecule is Cc1c(CN2CCN(C(=O)OC(C)(C)C)CC2)c(C)c(B(O)O)c(C)c1OS(=O)(=O)F. The van der Waals surface area contributed by atoms with Crippen LogP contribution in [0.5, 0.6) is 5.75 Å². The molecule has 31 heavy (non-hydrogen) atoms. The number of hydrogen-bond donors (Lipinski definition) is 2. The van der Waals surface area contributed by atoms with Gasteiger partial charge in [0.1, 0.15) is 5.60 Å². The molecule has 2 N–H and O–H groups in total. The topological polar surface area (TPSA) is 117 Å². The van der Waals surface area contributed by atoms with Crippen LogP contribution in [-0.4, -0.2) is 73.3 Å². The van der Waals surface area contributed by atoms with E-state index in [1.807, 2.05) is 4.90 Å². The fourth-order valence-electron chi connectivity index (χ4n) is 3.75. The summed E-state index contributed by atoms with van der Waals surface area (Å²) in [6, 6.07) is 0. The fraction of sp³-hybridized carbons (Fsp3) is 0.632. The van der Waals surface area contributed by atoms with E-state index in [1.54, 1.807) is 39.5 Å². The zero-order chi connectivity index (χ0) is 23.7. The van der Waals surface area contributed by atoms with Crippen LogP contribution >= 0.6 is 0 Å². The molecule has 2 rings (SSSR count). The van der Waals surface area contributed by atoms with E-state index >= 15 is 0 Å². The summed E-state index contributed by atoms with van der Waals surface area (Å²) in [7, 11) is -7.18. The molecule has 1 saturated heterocycles. The van der Waals surface area contributed by atoms with E-state index < -0.39 is 23.2 Å². The zero-order valence-electron chi connectivity index (χ0n) is 18.7. The zero-order valence-corrected chi connectivity index (χ0v) is 19.5. The number of carbonyl (C=O) groups is 1. The van der Waals surface area contributed by atoms with E-state index in [4.69, 9.17) is 4.74 Å².